The van der Waals surface area contributed by atoms with Crippen molar-refractivity contribution in [2.45, 2.75) is 55.5 Å². The molecular formula is C32H36F2N11O5S+. The van der Waals surface area contributed by atoms with Gasteiger partial charge in [-0.2, -0.15) is 9.67 Å². The van der Waals surface area contributed by atoms with E-state index in [0.717, 1.165) is 17.8 Å². The fourth-order valence-electron chi connectivity index (χ4n) is 5.00. The largest absolute Gasteiger partial charge is 0.460 e. The Balaban J connectivity index is 1.34. The van der Waals surface area contributed by atoms with Gasteiger partial charge in [-0.1, -0.05) is 23.9 Å². The number of aromatic nitrogens is 9. The van der Waals surface area contributed by atoms with E-state index in [4.69, 9.17) is 9.47 Å². The Morgan fingerprint density at radius 1 is 1.16 bits per heavy atom. The molecule has 0 saturated heterocycles. The molecular weight excluding hydrogens is 688 g/mol. The van der Waals surface area contributed by atoms with Gasteiger partial charge in [0.15, 0.2) is 5.82 Å². The number of carbonyl (C=O) groups excluding carboxylic acids is 2. The Morgan fingerprint density at radius 2 is 1.96 bits per heavy atom. The van der Waals surface area contributed by atoms with Crippen molar-refractivity contribution >= 4 is 29.6 Å². The lowest BCUT2D eigenvalue weighted by Crippen LogP contribution is -2.49. The molecule has 0 aliphatic rings. The minimum absolute atomic E-state index is 0.0244. The number of rotatable bonds is 14. The number of amides is 1. The Bertz CT molecular complexity index is 1960. The van der Waals surface area contributed by atoms with Gasteiger partial charge in [0.1, 0.15) is 53.9 Å². The minimum Gasteiger partial charge on any atom is -0.460 e. The molecule has 0 spiro atoms. The number of carbonyl (C=O) groups is 2. The van der Waals surface area contributed by atoms with Crippen molar-refractivity contribution < 1.29 is 37.5 Å². The molecule has 19 heteroatoms. The number of ether oxygens (including phenoxy) is 2. The SMILES string of the molecule is CNCC(=O)OCc1cccnc1N(C)C(=O)OC(C)[n+]1cnn(CC(O)(c2ccc(F)cc2F)C(C)(C)Sc2ccc(-n3cncn3)nn2)c1. The summed E-state index contributed by atoms with van der Waals surface area (Å²) in [6, 6.07) is 9.63. The molecule has 0 aliphatic heterocycles. The first kappa shape index (κ1) is 36.9. The van der Waals surface area contributed by atoms with Crippen molar-refractivity contribution in [3.63, 3.8) is 0 Å². The van der Waals surface area contributed by atoms with Crippen LogP contribution < -0.4 is 14.8 Å². The van der Waals surface area contributed by atoms with Crippen LogP contribution in [0.5, 0.6) is 0 Å². The van der Waals surface area contributed by atoms with E-state index in [-0.39, 0.29) is 31.1 Å². The van der Waals surface area contributed by atoms with Crippen molar-refractivity contribution in [2.75, 3.05) is 25.5 Å². The molecule has 1 amide bonds. The first-order chi connectivity index (χ1) is 24.3. The van der Waals surface area contributed by atoms with Crippen LogP contribution in [0.1, 0.15) is 38.1 Å². The van der Waals surface area contributed by atoms with Crippen molar-refractivity contribution in [2.24, 2.45) is 0 Å². The van der Waals surface area contributed by atoms with Crippen LogP contribution in [-0.4, -0.2) is 82.3 Å². The van der Waals surface area contributed by atoms with Gasteiger partial charge < -0.3 is 19.9 Å². The van der Waals surface area contributed by atoms with Crippen molar-refractivity contribution in [1.82, 2.24) is 45.0 Å². The van der Waals surface area contributed by atoms with Crippen LogP contribution in [0.15, 0.2) is 79.0 Å². The zero-order valence-corrected chi connectivity index (χ0v) is 29.2. The Kier molecular flexibility index (Phi) is 11.3. The topological polar surface area (TPSA) is 179 Å². The summed E-state index contributed by atoms with van der Waals surface area (Å²) in [5.74, 6) is -1.57. The number of halogens is 2. The minimum atomic E-state index is -2.00. The molecule has 51 heavy (non-hydrogen) atoms. The fraction of sp³-hybridized carbons (Fsp3) is 0.344. The van der Waals surface area contributed by atoms with Crippen LogP contribution in [0, 0.1) is 11.6 Å². The summed E-state index contributed by atoms with van der Waals surface area (Å²) in [5.41, 5.74) is -1.68. The van der Waals surface area contributed by atoms with E-state index in [1.165, 1.54) is 63.5 Å². The molecule has 2 atom stereocenters. The molecule has 16 nitrogen and oxygen atoms in total. The molecule has 0 bridgehead atoms. The number of hydrogen-bond donors (Lipinski definition) is 2. The van der Waals surface area contributed by atoms with Crippen LogP contribution in [0.4, 0.5) is 19.4 Å². The maximum Gasteiger partial charge on any atom is 0.418 e. The van der Waals surface area contributed by atoms with E-state index in [1.54, 1.807) is 52.1 Å². The van der Waals surface area contributed by atoms with E-state index >= 15 is 4.39 Å². The van der Waals surface area contributed by atoms with Gasteiger partial charge >= 0.3 is 12.1 Å². The Hall–Kier alpha value is -5.40. The summed E-state index contributed by atoms with van der Waals surface area (Å²) < 4.78 is 43.3. The van der Waals surface area contributed by atoms with Gasteiger partial charge in [-0.15, -0.1) is 14.9 Å². The van der Waals surface area contributed by atoms with Crippen molar-refractivity contribution in [1.29, 1.82) is 0 Å². The number of aliphatic hydroxyl groups is 1. The van der Waals surface area contributed by atoms with E-state index in [9.17, 15) is 19.1 Å². The molecule has 0 aliphatic carbocycles. The summed E-state index contributed by atoms with van der Waals surface area (Å²) in [4.78, 5) is 34.3. The number of likely N-dealkylation sites (N-methyl/N-ethyl adjacent to an activating group) is 1. The third-order valence-electron chi connectivity index (χ3n) is 7.86. The number of esters is 1. The number of nitrogens with one attached hydrogen (secondary N) is 1. The molecule has 0 fully saturated rings. The second-order valence-corrected chi connectivity index (χ2v) is 13.4. The number of anilines is 1. The van der Waals surface area contributed by atoms with E-state index in [1.807, 2.05) is 0 Å². The summed E-state index contributed by atoms with van der Waals surface area (Å²) >= 11 is 1.13. The number of nitrogens with zero attached hydrogens (tertiary/aromatic N) is 10. The monoisotopic (exact) mass is 724 g/mol. The molecule has 5 rings (SSSR count). The molecule has 4 aromatic heterocycles. The highest BCUT2D eigenvalue weighted by atomic mass is 32.2. The van der Waals surface area contributed by atoms with E-state index < -0.39 is 40.3 Å². The van der Waals surface area contributed by atoms with Gasteiger partial charge in [0.05, 0.1) is 11.3 Å². The molecule has 5 aromatic rings. The van der Waals surface area contributed by atoms with Gasteiger partial charge in [-0.05, 0) is 45.2 Å². The standard InChI is InChI=1S/C32H36F2N11O5S/c1-21(50-30(47)42(5)29-22(7-6-12-37-29)15-49-28(46)14-35-4)43-19-39-44(20-43)16-32(48,24-9-8-23(33)13-25(24)34)31(2,3)51-27-11-10-26(40-41-27)45-18-36-17-38-45/h6-13,17-21,35,48H,14-16H2,1-5H3/q+1. The average Bonchev–Trinajstić information content (AvgIpc) is 3.81. The van der Waals surface area contributed by atoms with Crippen LogP contribution in [0.3, 0.4) is 0 Å². The van der Waals surface area contributed by atoms with Crippen molar-refractivity contribution in [3.8, 4) is 5.82 Å². The lowest BCUT2D eigenvalue weighted by atomic mass is 9.82. The van der Waals surface area contributed by atoms with Crippen LogP contribution in [0.25, 0.3) is 5.82 Å². The lowest BCUT2D eigenvalue weighted by molar-refractivity contribution is -0.753. The molecule has 0 radical (unpaired) electrons. The maximum atomic E-state index is 15.4. The van der Waals surface area contributed by atoms with E-state index in [2.05, 4.69) is 35.7 Å². The third-order valence-corrected chi connectivity index (χ3v) is 9.14. The molecule has 2 unspecified atom stereocenters. The molecule has 4 heterocycles. The summed E-state index contributed by atoms with van der Waals surface area (Å²) in [6.07, 6.45) is 5.52. The summed E-state index contributed by atoms with van der Waals surface area (Å²) in [5, 5.41) is 32.3. The van der Waals surface area contributed by atoms with E-state index in [0.29, 0.717) is 22.5 Å². The quantitative estimate of drug-likeness (QED) is 0.0971. The van der Waals surface area contributed by atoms with Crippen LogP contribution in [-0.2, 0) is 33.0 Å². The predicted molar refractivity (Wildman–Crippen MR) is 177 cm³/mol. The second kappa shape index (κ2) is 15.7. The zero-order chi connectivity index (χ0) is 36.8. The highest BCUT2D eigenvalue weighted by Gasteiger charge is 2.50. The van der Waals surface area contributed by atoms with Gasteiger partial charge in [0.2, 0.25) is 12.6 Å². The summed E-state index contributed by atoms with van der Waals surface area (Å²) in [7, 11) is 3.09. The van der Waals surface area contributed by atoms with Gasteiger partial charge in [0.25, 0.3) is 6.33 Å². The number of benzene rings is 1. The van der Waals surface area contributed by atoms with Gasteiger partial charge in [-0.3, -0.25) is 9.69 Å². The first-order valence-electron chi connectivity index (χ1n) is 15.5. The molecule has 2 N–H and O–H groups in total. The fourth-order valence-corrected chi connectivity index (χ4v) is 6.08. The molecule has 1 aromatic carbocycles. The third kappa shape index (κ3) is 8.50. The number of pyridine rings is 1. The first-order valence-corrected chi connectivity index (χ1v) is 16.3. The van der Waals surface area contributed by atoms with Crippen LogP contribution >= 0.6 is 11.8 Å². The second-order valence-electron chi connectivity index (χ2n) is 11.8. The number of hydrogen-bond acceptors (Lipinski definition) is 13. The van der Waals surface area contributed by atoms with Gasteiger partial charge in [0, 0.05) is 42.5 Å². The zero-order valence-electron chi connectivity index (χ0n) is 28.3. The summed E-state index contributed by atoms with van der Waals surface area (Å²) in [6.45, 7) is 4.61. The van der Waals surface area contributed by atoms with Crippen molar-refractivity contribution in [3.05, 3.63) is 96.7 Å². The van der Waals surface area contributed by atoms with Crippen LogP contribution in [0.2, 0.25) is 0 Å². The molecule has 0 saturated carbocycles. The highest BCUT2D eigenvalue weighted by Crippen LogP contribution is 2.47. The Morgan fingerprint density at radius 3 is 2.65 bits per heavy atom. The molecule has 268 valence electrons. The lowest BCUT2D eigenvalue weighted by Gasteiger charge is -2.40. The number of thioether (sulfide) groups is 1. The highest BCUT2D eigenvalue weighted by molar-refractivity contribution is 8.00. The van der Waals surface area contributed by atoms with Gasteiger partial charge in [-0.25, -0.2) is 28.2 Å². The maximum absolute atomic E-state index is 15.4. The average molecular weight is 725 g/mol. The smallest absolute Gasteiger partial charge is 0.418 e. The Labute approximate surface area is 295 Å². The normalized spacial score (nSPS) is 13.3. The predicted octanol–water partition coefficient (Wildman–Crippen LogP) is 2.73.